The molecule has 1 rings (SSSR count). The van der Waals surface area contributed by atoms with Crippen LogP contribution in [0.25, 0.3) is 0 Å². The summed E-state index contributed by atoms with van der Waals surface area (Å²) in [5.74, 6) is -1.63. The fourth-order valence-corrected chi connectivity index (χ4v) is 2.37. The summed E-state index contributed by atoms with van der Waals surface area (Å²) in [6.45, 7) is 5.08. The smallest absolute Gasteiger partial charge is 0.313 e. The number of carbonyl (C=O) groups excluding carboxylic acids is 1. The molecule has 16 heavy (non-hydrogen) atoms. The third-order valence-corrected chi connectivity index (χ3v) is 4.09. The first kappa shape index (κ1) is 12.7. The molecule has 0 heterocycles. The van der Waals surface area contributed by atoms with Gasteiger partial charge in [-0.25, -0.2) is 0 Å². The molecule has 0 bridgehead atoms. The van der Waals surface area contributed by atoms with Gasteiger partial charge in [0.1, 0.15) is 0 Å². The van der Waals surface area contributed by atoms with Crippen LogP contribution in [0, 0.1) is 16.7 Å². The van der Waals surface area contributed by atoms with Crippen LogP contribution in [0.5, 0.6) is 0 Å². The van der Waals surface area contributed by atoms with Crippen LogP contribution in [0.4, 0.5) is 0 Å². The van der Waals surface area contributed by atoms with Crippen molar-refractivity contribution in [1.82, 2.24) is 0 Å². The van der Waals surface area contributed by atoms with E-state index in [-0.39, 0.29) is 5.92 Å². The Morgan fingerprint density at radius 1 is 1.44 bits per heavy atom. The molecule has 90 valence electrons. The fraction of sp³-hybridized carbons (Fsp3) is 0.667. The van der Waals surface area contributed by atoms with Gasteiger partial charge < -0.3 is 9.84 Å². The highest BCUT2D eigenvalue weighted by Crippen LogP contribution is 2.51. The molecule has 0 saturated heterocycles. The molecule has 1 aliphatic rings. The number of hydrogen-bond donors (Lipinski definition) is 1. The third kappa shape index (κ3) is 1.44. The molecule has 0 saturated carbocycles. The van der Waals surface area contributed by atoms with Gasteiger partial charge in [0.2, 0.25) is 0 Å². The zero-order valence-corrected chi connectivity index (χ0v) is 10.1. The lowest BCUT2D eigenvalue weighted by atomic mass is 9.55. The minimum atomic E-state index is -1.13. The molecule has 0 aromatic heterocycles. The zero-order chi connectivity index (χ0) is 12.6. The highest BCUT2D eigenvalue weighted by atomic mass is 16.5. The van der Waals surface area contributed by atoms with Crippen LogP contribution >= 0.6 is 0 Å². The summed E-state index contributed by atoms with van der Waals surface area (Å²) in [4.78, 5) is 23.3. The minimum Gasteiger partial charge on any atom is -0.481 e. The van der Waals surface area contributed by atoms with E-state index in [0.717, 1.165) is 0 Å². The van der Waals surface area contributed by atoms with Gasteiger partial charge in [0.05, 0.1) is 17.9 Å². The van der Waals surface area contributed by atoms with E-state index in [9.17, 15) is 14.7 Å². The number of carbonyl (C=O) groups is 2. The lowest BCUT2D eigenvalue weighted by Gasteiger charge is -2.46. The predicted octanol–water partition coefficient (Wildman–Crippen LogP) is 1.85. The Bertz CT molecular complexity index is 347. The summed E-state index contributed by atoms with van der Waals surface area (Å²) >= 11 is 0. The number of esters is 1. The summed E-state index contributed by atoms with van der Waals surface area (Å²) < 4.78 is 4.75. The van der Waals surface area contributed by atoms with E-state index in [4.69, 9.17) is 4.74 Å². The maximum Gasteiger partial charge on any atom is 0.313 e. The highest BCUT2D eigenvalue weighted by molar-refractivity contribution is 5.88. The fourth-order valence-electron chi connectivity index (χ4n) is 2.37. The maximum absolute atomic E-state index is 11.8. The minimum absolute atomic E-state index is 0.206. The van der Waals surface area contributed by atoms with Crippen molar-refractivity contribution in [2.45, 2.75) is 27.2 Å². The molecule has 1 aliphatic carbocycles. The third-order valence-electron chi connectivity index (χ3n) is 4.09. The molecule has 0 fully saturated rings. The zero-order valence-electron chi connectivity index (χ0n) is 10.1. The quantitative estimate of drug-likeness (QED) is 0.576. The van der Waals surface area contributed by atoms with Crippen molar-refractivity contribution < 1.29 is 19.4 Å². The van der Waals surface area contributed by atoms with Gasteiger partial charge >= 0.3 is 11.9 Å². The molecule has 0 amide bonds. The van der Waals surface area contributed by atoms with Gasteiger partial charge in [0, 0.05) is 0 Å². The van der Waals surface area contributed by atoms with Crippen molar-refractivity contribution in [2.24, 2.45) is 16.7 Å². The lowest BCUT2D eigenvalue weighted by Crippen LogP contribution is -2.54. The van der Waals surface area contributed by atoms with Crippen molar-refractivity contribution in [3.8, 4) is 0 Å². The number of allylic oxidation sites excluding steroid dienone is 2. The second kappa shape index (κ2) is 3.92. The Balaban J connectivity index is 3.32. The number of ether oxygens (including phenoxy) is 1. The topological polar surface area (TPSA) is 63.6 Å². The molecule has 0 aliphatic heterocycles. The van der Waals surface area contributed by atoms with Gasteiger partial charge in [-0.1, -0.05) is 19.1 Å². The summed E-state index contributed by atoms with van der Waals surface area (Å²) in [7, 11) is 1.29. The van der Waals surface area contributed by atoms with E-state index in [2.05, 4.69) is 0 Å². The first-order valence-corrected chi connectivity index (χ1v) is 5.29. The van der Waals surface area contributed by atoms with Gasteiger partial charge in [0.15, 0.2) is 0 Å². The number of carboxylic acids is 1. The monoisotopic (exact) mass is 226 g/mol. The first-order valence-electron chi connectivity index (χ1n) is 5.29. The molecule has 0 spiro atoms. The van der Waals surface area contributed by atoms with E-state index < -0.39 is 22.8 Å². The molecular formula is C12H18O4. The van der Waals surface area contributed by atoms with Gasteiger partial charge in [0.25, 0.3) is 0 Å². The number of rotatable bonds is 2. The summed E-state index contributed by atoms with van der Waals surface area (Å²) in [5, 5.41) is 9.41. The van der Waals surface area contributed by atoms with Crippen LogP contribution < -0.4 is 0 Å². The molecule has 3 unspecified atom stereocenters. The largest absolute Gasteiger partial charge is 0.481 e. The van der Waals surface area contributed by atoms with E-state index >= 15 is 0 Å². The number of methoxy groups -OCH3 is 1. The van der Waals surface area contributed by atoms with E-state index in [1.54, 1.807) is 13.8 Å². The van der Waals surface area contributed by atoms with E-state index in [1.165, 1.54) is 7.11 Å². The Hall–Kier alpha value is -1.32. The molecule has 0 aromatic carbocycles. The van der Waals surface area contributed by atoms with E-state index in [0.29, 0.717) is 6.42 Å². The standard InChI is InChI=1S/C12H18O4/c1-8-6-5-7-11(2,10(15)16-4)12(8,3)9(13)14/h5-6,8H,7H2,1-4H3,(H,13,14). The average Bonchev–Trinajstić information content (AvgIpc) is 2.24. The Morgan fingerprint density at radius 3 is 2.44 bits per heavy atom. The normalized spacial score (nSPS) is 38.1. The van der Waals surface area contributed by atoms with Gasteiger partial charge in [-0.2, -0.15) is 0 Å². The Morgan fingerprint density at radius 2 is 2.00 bits per heavy atom. The van der Waals surface area contributed by atoms with Crippen molar-refractivity contribution in [2.75, 3.05) is 7.11 Å². The van der Waals surface area contributed by atoms with Crippen LogP contribution in [0.1, 0.15) is 27.2 Å². The average molecular weight is 226 g/mol. The second-order valence-electron chi connectivity index (χ2n) is 4.75. The van der Waals surface area contributed by atoms with Crippen LogP contribution in [-0.4, -0.2) is 24.2 Å². The van der Waals surface area contributed by atoms with Crippen molar-refractivity contribution in [3.05, 3.63) is 12.2 Å². The Kier molecular flexibility index (Phi) is 3.13. The van der Waals surface area contributed by atoms with Gasteiger partial charge in [-0.05, 0) is 26.2 Å². The van der Waals surface area contributed by atoms with Gasteiger partial charge in [-0.3, -0.25) is 9.59 Å². The maximum atomic E-state index is 11.8. The van der Waals surface area contributed by atoms with E-state index in [1.807, 2.05) is 19.1 Å². The molecular weight excluding hydrogens is 208 g/mol. The Labute approximate surface area is 95.3 Å². The molecule has 4 nitrogen and oxygen atoms in total. The van der Waals surface area contributed by atoms with Crippen LogP contribution in [-0.2, 0) is 14.3 Å². The molecule has 0 radical (unpaired) electrons. The SMILES string of the molecule is COC(=O)C1(C)CC=CC(C)C1(C)C(=O)O. The number of hydrogen-bond acceptors (Lipinski definition) is 3. The number of carboxylic acid groups (broad SMARTS) is 1. The van der Waals surface area contributed by atoms with Crippen molar-refractivity contribution >= 4 is 11.9 Å². The second-order valence-corrected chi connectivity index (χ2v) is 4.75. The summed E-state index contributed by atoms with van der Waals surface area (Å²) in [5.41, 5.74) is -2.14. The highest BCUT2D eigenvalue weighted by Gasteiger charge is 2.59. The van der Waals surface area contributed by atoms with Crippen molar-refractivity contribution in [3.63, 3.8) is 0 Å². The lowest BCUT2D eigenvalue weighted by molar-refractivity contribution is -0.177. The van der Waals surface area contributed by atoms with Gasteiger partial charge in [-0.15, -0.1) is 0 Å². The van der Waals surface area contributed by atoms with Crippen molar-refractivity contribution in [1.29, 1.82) is 0 Å². The number of aliphatic carboxylic acids is 1. The molecule has 4 heteroatoms. The molecule has 3 atom stereocenters. The first-order chi connectivity index (χ1) is 7.30. The summed E-state index contributed by atoms with van der Waals surface area (Å²) in [6, 6.07) is 0. The molecule has 0 aromatic rings. The summed E-state index contributed by atoms with van der Waals surface area (Å²) in [6.07, 6.45) is 4.10. The van der Waals surface area contributed by atoms with Crippen LogP contribution in [0.2, 0.25) is 0 Å². The predicted molar refractivity (Wildman–Crippen MR) is 58.8 cm³/mol. The van der Waals surface area contributed by atoms with Crippen LogP contribution in [0.3, 0.4) is 0 Å². The van der Waals surface area contributed by atoms with Crippen LogP contribution in [0.15, 0.2) is 12.2 Å². The molecule has 1 N–H and O–H groups in total.